The second-order valence-corrected chi connectivity index (χ2v) is 28.4. The molecular weight excluding hydrogens is 1260 g/mol. The van der Waals surface area contributed by atoms with Gasteiger partial charge in [0.1, 0.15) is 34.4 Å². The summed E-state index contributed by atoms with van der Waals surface area (Å²) in [6, 6.07) is 30.2. The number of methoxy groups -OCH3 is 1. The molecule has 2 aromatic heterocycles. The molecule has 6 aliphatic carbocycles. The maximum atomic E-state index is 13.5. The number of ether oxygens (including phenoxy) is 5. The summed E-state index contributed by atoms with van der Waals surface area (Å²) in [5, 5.41) is 20.2. The number of rotatable bonds is 20. The van der Waals surface area contributed by atoms with Crippen molar-refractivity contribution in [3.05, 3.63) is 155 Å². The number of carbonyl (C=O) groups excluding carboxylic acids is 1. The summed E-state index contributed by atoms with van der Waals surface area (Å²) in [7, 11) is -6.38. The number of fused-ring (bicyclic) bond motifs is 6. The fourth-order valence-corrected chi connectivity index (χ4v) is 16.9. The molecule has 2 heterocycles. The van der Waals surface area contributed by atoms with Crippen LogP contribution >= 0.6 is 0 Å². The van der Waals surface area contributed by atoms with E-state index in [0.29, 0.717) is 70.1 Å². The zero-order valence-electron chi connectivity index (χ0n) is 50.0. The standard InChI is InChI=1S/C34H33F3N2O7S.C33H31F3N2O7S/c1-43-33(40)24-11-8-21-17-26(13-12-20(21)14-24)47(41,42)39-30-22-9-10-23(30)16-25(15-22)44-18-28-31(38-46-32(28)19-6-7-19)27-4-2-3-5-29(27)45-34(35,36)37;34-33(35,36)44-28-4-2-1-3-26(28)30-27(31(45-37-30)18-5-6-18)17-43-24-14-21-8-9-22(15-24)29(21)38-46(41,42)25-12-11-19-13-23(32(39)40)10-7-20(19)16-25/h2-5,8,11-14,17,19,22-23,25,30,39H,6-7,9-10,15-16,18H2,1H3;1-4,7,10-13,16,18,21-22,24,29,38H,5-6,8-9,14-15,17H2,(H,39,40). The zero-order valence-corrected chi connectivity index (χ0v) is 51.6. The highest BCUT2D eigenvalue weighted by Crippen LogP contribution is 2.50. The Kier molecular flexibility index (Phi) is 17.5. The fraction of sp³-hybridized carbons (Fsp3) is 0.403. The molecule has 0 radical (unpaired) electrons. The van der Waals surface area contributed by atoms with Gasteiger partial charge in [0.05, 0.1) is 53.4 Å². The van der Waals surface area contributed by atoms with Gasteiger partial charge in [-0.25, -0.2) is 35.9 Å². The van der Waals surface area contributed by atoms with E-state index < -0.39 is 44.7 Å². The minimum atomic E-state index is -4.87. The molecule has 3 N–H and O–H groups in total. The Bertz CT molecular complexity index is 4350. The molecule has 18 nitrogen and oxygen atoms in total. The zero-order chi connectivity index (χ0) is 65.1. The van der Waals surface area contributed by atoms with E-state index in [1.165, 1.54) is 67.8 Å². The van der Waals surface area contributed by atoms with Crippen LogP contribution < -0.4 is 18.9 Å². The number of aromatic nitrogens is 2. The lowest BCUT2D eigenvalue weighted by Crippen LogP contribution is -2.46. The lowest BCUT2D eigenvalue weighted by Gasteiger charge is -2.35. The molecular formula is C67H64F6N4O14S2. The van der Waals surface area contributed by atoms with E-state index in [0.717, 1.165) is 56.8 Å². The molecule has 0 amide bonds. The van der Waals surface area contributed by atoms with Crippen molar-refractivity contribution in [3.63, 3.8) is 0 Å². The van der Waals surface area contributed by atoms with Crippen molar-refractivity contribution in [2.45, 2.75) is 149 Å². The Morgan fingerprint density at radius 1 is 0.527 bits per heavy atom. The van der Waals surface area contributed by atoms with Crippen molar-refractivity contribution in [2.24, 2.45) is 23.7 Å². The van der Waals surface area contributed by atoms with Gasteiger partial charge in [0.15, 0.2) is 0 Å². The molecule has 4 unspecified atom stereocenters. The van der Waals surface area contributed by atoms with Crippen LogP contribution in [-0.4, -0.2) is 88.3 Å². The van der Waals surface area contributed by atoms with Crippen LogP contribution in [0.2, 0.25) is 0 Å². The quantitative estimate of drug-likeness (QED) is 0.0474. The molecule has 14 rings (SSSR count). The minimum absolute atomic E-state index is 0.0582. The Labute approximate surface area is 530 Å². The smallest absolute Gasteiger partial charge is 0.478 e. The molecule has 4 atom stereocenters. The van der Waals surface area contributed by atoms with Gasteiger partial charge in [-0.3, -0.25) is 0 Å². The number of hydrogen-bond donors (Lipinski definition) is 3. The molecule has 6 aromatic carbocycles. The van der Waals surface area contributed by atoms with Crippen LogP contribution in [0.1, 0.15) is 132 Å². The molecule has 8 aromatic rings. The molecule has 490 valence electrons. The fourth-order valence-electron chi connectivity index (χ4n) is 14.1. The topological polar surface area (TPSA) is 245 Å². The third-order valence-corrected chi connectivity index (χ3v) is 21.7. The summed E-state index contributed by atoms with van der Waals surface area (Å²) in [5.41, 5.74) is 2.63. The van der Waals surface area contributed by atoms with E-state index in [9.17, 15) is 57.9 Å². The third kappa shape index (κ3) is 14.2. The van der Waals surface area contributed by atoms with Crippen molar-refractivity contribution in [1.29, 1.82) is 0 Å². The van der Waals surface area contributed by atoms with Crippen molar-refractivity contribution < 1.29 is 90.6 Å². The monoisotopic (exact) mass is 1330 g/mol. The van der Waals surface area contributed by atoms with E-state index in [1.807, 2.05) is 0 Å². The van der Waals surface area contributed by atoms with Gasteiger partial charge in [-0.2, -0.15) is 0 Å². The number of aromatic carboxylic acids is 1. The predicted octanol–water partition coefficient (Wildman–Crippen LogP) is 14.1. The number of nitrogens with one attached hydrogen (secondary N) is 2. The van der Waals surface area contributed by atoms with Gasteiger partial charge in [0, 0.05) is 46.2 Å². The largest absolute Gasteiger partial charge is 0.573 e. The van der Waals surface area contributed by atoms with E-state index in [2.05, 4.69) is 29.2 Å². The average molecular weight is 1330 g/mol. The first kappa shape index (κ1) is 63.9. The number of hydrogen-bond acceptors (Lipinski definition) is 15. The first-order valence-electron chi connectivity index (χ1n) is 30.8. The van der Waals surface area contributed by atoms with Crippen LogP contribution in [0.3, 0.4) is 0 Å². The van der Waals surface area contributed by atoms with Crippen LogP contribution in [0, 0.1) is 23.7 Å². The van der Waals surface area contributed by atoms with Gasteiger partial charge in [0.2, 0.25) is 20.0 Å². The highest BCUT2D eigenvalue weighted by atomic mass is 32.2. The summed E-state index contributed by atoms with van der Waals surface area (Å²) in [4.78, 5) is 23.4. The highest BCUT2D eigenvalue weighted by Gasteiger charge is 2.47. The summed E-state index contributed by atoms with van der Waals surface area (Å²) in [5.74, 6) is -0.445. The molecule has 0 aliphatic heterocycles. The van der Waals surface area contributed by atoms with Gasteiger partial charge in [-0.05, 0) is 195 Å². The average Bonchev–Trinajstić information content (AvgIpc) is 1.41. The highest BCUT2D eigenvalue weighted by molar-refractivity contribution is 7.89. The number of sulfonamides is 2. The molecule has 6 aliphatic rings. The van der Waals surface area contributed by atoms with Gasteiger partial charge in [-0.1, -0.05) is 58.8 Å². The van der Waals surface area contributed by atoms with Gasteiger partial charge >= 0.3 is 24.7 Å². The summed E-state index contributed by atoms with van der Waals surface area (Å²) >= 11 is 0. The molecule has 6 saturated carbocycles. The minimum Gasteiger partial charge on any atom is -0.478 e. The van der Waals surface area contributed by atoms with Crippen molar-refractivity contribution in [1.82, 2.24) is 19.8 Å². The van der Waals surface area contributed by atoms with Gasteiger partial charge < -0.3 is 37.8 Å². The summed E-state index contributed by atoms with van der Waals surface area (Å²) in [6.45, 7) is 0.215. The maximum Gasteiger partial charge on any atom is 0.573 e. The summed E-state index contributed by atoms with van der Waals surface area (Å²) in [6.07, 6.45) is -0.469. The molecule has 6 fully saturated rings. The van der Waals surface area contributed by atoms with Crippen LogP contribution in [0.4, 0.5) is 26.3 Å². The van der Waals surface area contributed by atoms with E-state index in [1.54, 1.807) is 60.7 Å². The van der Waals surface area contributed by atoms with Crippen LogP contribution in [0.15, 0.2) is 140 Å². The third-order valence-electron chi connectivity index (χ3n) is 18.8. The normalized spacial score (nSPS) is 23.0. The molecule has 0 spiro atoms. The Balaban J connectivity index is 0.000000169. The second kappa shape index (κ2) is 25.4. The first-order chi connectivity index (χ1) is 44.4. The van der Waals surface area contributed by atoms with E-state index >= 15 is 0 Å². The van der Waals surface area contributed by atoms with Crippen LogP contribution in [-0.2, 0) is 47.5 Å². The number of carboxylic acid groups (broad SMARTS) is 1. The lowest BCUT2D eigenvalue weighted by molar-refractivity contribution is -0.275. The molecule has 4 bridgehead atoms. The van der Waals surface area contributed by atoms with Crippen molar-refractivity contribution in [2.75, 3.05) is 7.11 Å². The number of benzene rings is 6. The van der Waals surface area contributed by atoms with Crippen molar-refractivity contribution >= 4 is 53.5 Å². The number of carbonyl (C=O) groups is 2. The number of halogens is 6. The maximum absolute atomic E-state index is 13.5. The number of carboxylic acids is 1. The number of para-hydroxylation sites is 2. The van der Waals surface area contributed by atoms with E-state index in [4.69, 9.17) is 23.3 Å². The first-order valence-corrected chi connectivity index (χ1v) is 33.7. The number of nitrogens with zero attached hydrogens (tertiary/aromatic N) is 2. The lowest BCUT2D eigenvalue weighted by atomic mass is 9.83. The Hall–Kier alpha value is -7.88. The van der Waals surface area contributed by atoms with Crippen molar-refractivity contribution in [3.8, 4) is 34.0 Å². The van der Waals surface area contributed by atoms with Crippen LogP contribution in [0.5, 0.6) is 11.5 Å². The molecule has 0 saturated heterocycles. The Morgan fingerprint density at radius 3 is 1.29 bits per heavy atom. The van der Waals surface area contributed by atoms with E-state index in [-0.39, 0.29) is 122 Å². The van der Waals surface area contributed by atoms with Gasteiger partial charge in [0.25, 0.3) is 0 Å². The van der Waals surface area contributed by atoms with Crippen LogP contribution in [0.25, 0.3) is 44.1 Å². The SMILES string of the molecule is COC(=O)c1ccc2cc(S(=O)(=O)NC3C4CCC3CC(OCc3c(-c5ccccc5OC(F)(F)F)noc3C3CC3)C4)ccc2c1.O=C(O)c1ccc2cc(S(=O)(=O)NC3C4CCC3CC(OCc3c(-c5ccccc5OC(F)(F)F)noc3C3CC3)C4)ccc2c1. The second-order valence-electron chi connectivity index (χ2n) is 24.9. The number of esters is 1. The molecule has 93 heavy (non-hydrogen) atoms. The molecule has 26 heteroatoms. The summed E-state index contributed by atoms with van der Waals surface area (Å²) < 4.78 is 176. The Morgan fingerprint density at radius 2 is 0.903 bits per heavy atom. The number of alkyl halides is 6. The predicted molar refractivity (Wildman–Crippen MR) is 324 cm³/mol. The van der Waals surface area contributed by atoms with Gasteiger partial charge in [-0.15, -0.1) is 26.3 Å².